The van der Waals surface area contributed by atoms with Gasteiger partial charge in [0.05, 0.1) is 15.4 Å². The van der Waals surface area contributed by atoms with E-state index in [1.807, 2.05) is 13.0 Å². The van der Waals surface area contributed by atoms with Crippen molar-refractivity contribution in [3.8, 4) is 11.1 Å². The monoisotopic (exact) mass is 352 g/mol. The molecule has 3 nitrogen and oxygen atoms in total. The number of fused-ring (bicyclic) bond motifs is 1. The second-order valence-electron chi connectivity index (χ2n) is 4.93. The SMILES string of the molecule is CCc1nc2sc(CC)c(-c3ccc(Cl)c(Cl)c3)c2c(=O)[nH]1. The number of aryl methyl sites for hydroxylation is 2. The predicted octanol–water partition coefficient (Wildman–Crippen LogP) is 5.08. The second-order valence-corrected chi connectivity index (χ2v) is 6.83. The zero-order chi connectivity index (χ0) is 15.9. The first kappa shape index (κ1) is 15.5. The maximum absolute atomic E-state index is 12.5. The number of H-pyrrole nitrogens is 1. The smallest absolute Gasteiger partial charge is 0.260 e. The number of hydrogen-bond acceptors (Lipinski definition) is 3. The fourth-order valence-electron chi connectivity index (χ4n) is 2.47. The summed E-state index contributed by atoms with van der Waals surface area (Å²) in [5.41, 5.74) is 1.71. The molecule has 0 saturated heterocycles. The zero-order valence-corrected chi connectivity index (χ0v) is 14.5. The van der Waals surface area contributed by atoms with Crippen molar-refractivity contribution >= 4 is 44.8 Å². The van der Waals surface area contributed by atoms with E-state index in [4.69, 9.17) is 23.2 Å². The van der Waals surface area contributed by atoms with Crippen LogP contribution in [-0.2, 0) is 12.8 Å². The highest BCUT2D eigenvalue weighted by molar-refractivity contribution is 7.19. The lowest BCUT2D eigenvalue weighted by Crippen LogP contribution is -2.10. The molecule has 2 aromatic heterocycles. The van der Waals surface area contributed by atoms with Crippen molar-refractivity contribution in [3.63, 3.8) is 0 Å². The van der Waals surface area contributed by atoms with E-state index < -0.39 is 0 Å². The normalized spacial score (nSPS) is 11.3. The van der Waals surface area contributed by atoms with Crippen LogP contribution in [-0.4, -0.2) is 9.97 Å². The number of rotatable bonds is 3. The Kier molecular flexibility index (Phi) is 4.26. The molecular weight excluding hydrogens is 339 g/mol. The van der Waals surface area contributed by atoms with Crippen molar-refractivity contribution < 1.29 is 0 Å². The van der Waals surface area contributed by atoms with Crippen LogP contribution in [0.5, 0.6) is 0 Å². The van der Waals surface area contributed by atoms with Gasteiger partial charge >= 0.3 is 0 Å². The standard InChI is InChI=1S/C16H14Cl2N2OS/c1-3-11-13(8-5-6-9(17)10(18)7-8)14-15(21)19-12(4-2)20-16(14)22-11/h5-7H,3-4H2,1-2H3,(H,19,20,21). The van der Waals surface area contributed by atoms with E-state index in [1.165, 1.54) is 0 Å². The van der Waals surface area contributed by atoms with Gasteiger partial charge in [-0.1, -0.05) is 43.1 Å². The molecule has 2 heterocycles. The number of nitrogens with zero attached hydrogens (tertiary/aromatic N) is 1. The van der Waals surface area contributed by atoms with E-state index in [1.54, 1.807) is 23.5 Å². The summed E-state index contributed by atoms with van der Waals surface area (Å²) < 4.78 is 0. The molecule has 1 N–H and O–H groups in total. The fourth-order valence-corrected chi connectivity index (χ4v) is 3.92. The third kappa shape index (κ3) is 2.56. The van der Waals surface area contributed by atoms with Crippen LogP contribution in [0.3, 0.4) is 0 Å². The average molecular weight is 353 g/mol. The maximum Gasteiger partial charge on any atom is 0.260 e. The summed E-state index contributed by atoms with van der Waals surface area (Å²) in [6.07, 6.45) is 1.53. The predicted molar refractivity (Wildman–Crippen MR) is 94.5 cm³/mol. The summed E-state index contributed by atoms with van der Waals surface area (Å²) in [6, 6.07) is 5.45. The molecule has 0 aliphatic heterocycles. The molecule has 0 amide bonds. The molecule has 0 unspecified atom stereocenters. The van der Waals surface area contributed by atoms with Gasteiger partial charge in [-0.15, -0.1) is 11.3 Å². The third-order valence-electron chi connectivity index (χ3n) is 3.55. The van der Waals surface area contributed by atoms with Gasteiger partial charge in [0.25, 0.3) is 5.56 Å². The summed E-state index contributed by atoms with van der Waals surface area (Å²) in [6.45, 7) is 4.04. The van der Waals surface area contributed by atoms with Crippen LogP contribution in [0.15, 0.2) is 23.0 Å². The minimum absolute atomic E-state index is 0.0983. The molecule has 0 atom stereocenters. The van der Waals surface area contributed by atoms with Gasteiger partial charge in [-0.2, -0.15) is 0 Å². The van der Waals surface area contributed by atoms with Crippen LogP contribution in [0.4, 0.5) is 0 Å². The quantitative estimate of drug-likeness (QED) is 0.713. The Labute approximate surface area is 141 Å². The molecule has 0 fully saturated rings. The highest BCUT2D eigenvalue weighted by atomic mass is 35.5. The summed E-state index contributed by atoms with van der Waals surface area (Å²) in [5.74, 6) is 0.710. The van der Waals surface area contributed by atoms with Crippen molar-refractivity contribution in [3.05, 3.63) is 49.3 Å². The largest absolute Gasteiger partial charge is 0.310 e. The lowest BCUT2D eigenvalue weighted by atomic mass is 10.0. The van der Waals surface area contributed by atoms with Crippen molar-refractivity contribution in [1.29, 1.82) is 0 Å². The molecule has 3 rings (SSSR count). The van der Waals surface area contributed by atoms with Crippen LogP contribution in [0, 0.1) is 0 Å². The summed E-state index contributed by atoms with van der Waals surface area (Å²) >= 11 is 13.7. The van der Waals surface area contributed by atoms with Crippen molar-refractivity contribution in [2.45, 2.75) is 26.7 Å². The number of thiophene rings is 1. The lowest BCUT2D eigenvalue weighted by molar-refractivity contribution is 0.948. The molecule has 0 aliphatic carbocycles. The van der Waals surface area contributed by atoms with Gasteiger partial charge in [0.1, 0.15) is 10.7 Å². The first-order chi connectivity index (χ1) is 10.5. The number of aromatic amines is 1. The Morgan fingerprint density at radius 3 is 2.59 bits per heavy atom. The molecule has 114 valence electrons. The van der Waals surface area contributed by atoms with Crippen LogP contribution >= 0.6 is 34.5 Å². The molecule has 3 aromatic rings. The molecule has 0 aliphatic rings. The van der Waals surface area contributed by atoms with Gasteiger partial charge in [-0.3, -0.25) is 4.79 Å². The van der Waals surface area contributed by atoms with Crippen LogP contribution in [0.1, 0.15) is 24.5 Å². The van der Waals surface area contributed by atoms with Crippen LogP contribution in [0.25, 0.3) is 21.3 Å². The third-order valence-corrected chi connectivity index (χ3v) is 5.52. The Morgan fingerprint density at radius 1 is 1.18 bits per heavy atom. The topological polar surface area (TPSA) is 45.8 Å². The molecule has 6 heteroatoms. The molecule has 0 spiro atoms. The van der Waals surface area contributed by atoms with Gasteiger partial charge < -0.3 is 4.98 Å². The summed E-state index contributed by atoms with van der Waals surface area (Å²) in [5, 5.41) is 1.62. The van der Waals surface area contributed by atoms with E-state index in [-0.39, 0.29) is 5.56 Å². The number of hydrogen-bond donors (Lipinski definition) is 1. The number of nitrogens with one attached hydrogen (secondary N) is 1. The van der Waals surface area contributed by atoms with E-state index in [0.717, 1.165) is 27.3 Å². The van der Waals surface area contributed by atoms with Gasteiger partial charge in [0.15, 0.2) is 0 Å². The fraction of sp³-hybridized carbons (Fsp3) is 0.250. The molecule has 0 radical (unpaired) electrons. The molecule has 22 heavy (non-hydrogen) atoms. The zero-order valence-electron chi connectivity index (χ0n) is 12.2. The van der Waals surface area contributed by atoms with Crippen molar-refractivity contribution in [2.24, 2.45) is 0 Å². The first-order valence-corrected chi connectivity index (χ1v) is 8.62. The van der Waals surface area contributed by atoms with E-state index >= 15 is 0 Å². The van der Waals surface area contributed by atoms with Gasteiger partial charge in [0, 0.05) is 16.9 Å². The van der Waals surface area contributed by atoms with Crippen molar-refractivity contribution in [1.82, 2.24) is 9.97 Å². The van der Waals surface area contributed by atoms with Gasteiger partial charge in [-0.05, 0) is 24.1 Å². The molecule has 0 bridgehead atoms. The Hall–Kier alpha value is -1.36. The summed E-state index contributed by atoms with van der Waals surface area (Å²) in [7, 11) is 0. The minimum atomic E-state index is -0.0983. The summed E-state index contributed by atoms with van der Waals surface area (Å²) in [4.78, 5) is 21.8. The van der Waals surface area contributed by atoms with Gasteiger partial charge in [0.2, 0.25) is 0 Å². The molecule has 1 aromatic carbocycles. The highest BCUT2D eigenvalue weighted by Crippen LogP contribution is 2.38. The van der Waals surface area contributed by atoms with Crippen LogP contribution < -0.4 is 5.56 Å². The Bertz CT molecular complexity index is 914. The highest BCUT2D eigenvalue weighted by Gasteiger charge is 2.18. The number of halogens is 2. The van der Waals surface area contributed by atoms with E-state index in [2.05, 4.69) is 16.9 Å². The minimum Gasteiger partial charge on any atom is -0.310 e. The lowest BCUT2D eigenvalue weighted by Gasteiger charge is -2.05. The van der Waals surface area contributed by atoms with E-state index in [9.17, 15) is 4.79 Å². The molecule has 0 saturated carbocycles. The Morgan fingerprint density at radius 2 is 1.95 bits per heavy atom. The number of aromatic nitrogens is 2. The number of benzene rings is 1. The van der Waals surface area contributed by atoms with Crippen LogP contribution in [0.2, 0.25) is 10.0 Å². The van der Waals surface area contributed by atoms with Gasteiger partial charge in [-0.25, -0.2) is 4.98 Å². The van der Waals surface area contributed by atoms with E-state index in [0.29, 0.717) is 27.7 Å². The Balaban J connectivity index is 2.36. The maximum atomic E-state index is 12.5. The average Bonchev–Trinajstić information content (AvgIpc) is 2.89. The molecular formula is C16H14Cl2N2OS. The second kappa shape index (κ2) is 6.03. The first-order valence-electron chi connectivity index (χ1n) is 7.05. The van der Waals surface area contributed by atoms with Crippen molar-refractivity contribution in [2.75, 3.05) is 0 Å².